The molecular formula is C9H9ClN2OS. The Morgan fingerprint density at radius 2 is 2.21 bits per heavy atom. The first-order valence-corrected chi connectivity index (χ1v) is 5.27. The van der Waals surface area contributed by atoms with Crippen molar-refractivity contribution >= 4 is 28.8 Å². The lowest BCUT2D eigenvalue weighted by molar-refractivity contribution is 0.436. The van der Waals surface area contributed by atoms with Gasteiger partial charge in [0.05, 0.1) is 4.88 Å². The molecule has 0 saturated carbocycles. The molecule has 14 heavy (non-hydrogen) atoms. The Morgan fingerprint density at radius 3 is 2.64 bits per heavy atom. The van der Waals surface area contributed by atoms with Crippen LogP contribution in [0.15, 0.2) is 10.6 Å². The van der Waals surface area contributed by atoms with E-state index in [1.807, 2.05) is 13.0 Å². The van der Waals surface area contributed by atoms with E-state index in [9.17, 15) is 0 Å². The molecule has 0 aliphatic carbocycles. The molecule has 0 bridgehead atoms. The van der Waals surface area contributed by atoms with Crippen LogP contribution in [0.2, 0.25) is 5.02 Å². The maximum absolute atomic E-state index is 5.93. The van der Waals surface area contributed by atoms with Crippen molar-refractivity contribution in [3.63, 3.8) is 0 Å². The van der Waals surface area contributed by atoms with Crippen molar-refractivity contribution in [3.05, 3.63) is 21.5 Å². The number of aryl methyl sites for hydroxylation is 2. The van der Waals surface area contributed by atoms with Gasteiger partial charge in [0.25, 0.3) is 0 Å². The molecule has 2 N–H and O–H groups in total. The van der Waals surface area contributed by atoms with Crippen molar-refractivity contribution in [1.82, 2.24) is 5.16 Å². The lowest BCUT2D eigenvalue weighted by atomic mass is 10.2. The average Bonchev–Trinajstić information content (AvgIpc) is 2.61. The van der Waals surface area contributed by atoms with Crippen LogP contribution in [-0.2, 0) is 0 Å². The number of aromatic nitrogens is 1. The molecule has 0 fully saturated rings. The highest BCUT2D eigenvalue weighted by Crippen LogP contribution is 2.37. The van der Waals surface area contributed by atoms with E-state index in [1.54, 1.807) is 11.3 Å². The van der Waals surface area contributed by atoms with Crippen LogP contribution in [0, 0.1) is 13.8 Å². The molecule has 0 spiro atoms. The van der Waals surface area contributed by atoms with E-state index in [1.165, 1.54) is 10.4 Å². The van der Waals surface area contributed by atoms with Crippen molar-refractivity contribution in [2.75, 3.05) is 5.73 Å². The van der Waals surface area contributed by atoms with Crippen molar-refractivity contribution in [1.29, 1.82) is 0 Å². The minimum Gasteiger partial charge on any atom is -0.380 e. The molecule has 0 saturated heterocycles. The van der Waals surface area contributed by atoms with Gasteiger partial charge in [-0.3, -0.25) is 0 Å². The molecule has 2 aromatic heterocycles. The number of rotatable bonds is 1. The van der Waals surface area contributed by atoms with Crippen molar-refractivity contribution < 1.29 is 4.52 Å². The number of anilines is 1. The maximum Gasteiger partial charge on any atom is 0.197 e. The highest BCUT2D eigenvalue weighted by atomic mass is 35.5. The number of nitrogen functional groups attached to an aromatic ring is 1. The fraction of sp³-hybridized carbons (Fsp3) is 0.222. The molecule has 0 aliphatic heterocycles. The topological polar surface area (TPSA) is 52.0 Å². The zero-order valence-electron chi connectivity index (χ0n) is 7.80. The van der Waals surface area contributed by atoms with E-state index in [2.05, 4.69) is 12.1 Å². The predicted octanol–water partition coefficient (Wildman–Crippen LogP) is 3.26. The van der Waals surface area contributed by atoms with Crippen LogP contribution in [0.3, 0.4) is 0 Å². The van der Waals surface area contributed by atoms with E-state index >= 15 is 0 Å². The maximum atomic E-state index is 5.93. The van der Waals surface area contributed by atoms with Crippen LogP contribution in [0.25, 0.3) is 10.6 Å². The molecule has 0 unspecified atom stereocenters. The summed E-state index contributed by atoms with van der Waals surface area (Å²) in [7, 11) is 0. The van der Waals surface area contributed by atoms with E-state index < -0.39 is 0 Å². The number of nitrogens with zero attached hydrogens (tertiary/aromatic N) is 1. The largest absolute Gasteiger partial charge is 0.380 e. The van der Waals surface area contributed by atoms with Gasteiger partial charge in [0.1, 0.15) is 5.02 Å². The molecule has 0 aliphatic rings. The first-order valence-electron chi connectivity index (χ1n) is 4.07. The summed E-state index contributed by atoms with van der Waals surface area (Å²) in [6.07, 6.45) is 0. The van der Waals surface area contributed by atoms with Crippen LogP contribution in [0.5, 0.6) is 0 Å². The quantitative estimate of drug-likeness (QED) is 0.815. The van der Waals surface area contributed by atoms with Crippen LogP contribution in [0.4, 0.5) is 5.82 Å². The number of thiophene rings is 1. The van der Waals surface area contributed by atoms with Crippen molar-refractivity contribution in [3.8, 4) is 10.6 Å². The third-order valence-corrected chi connectivity index (χ3v) is 3.57. The fourth-order valence-corrected chi connectivity index (χ4v) is 2.37. The monoisotopic (exact) mass is 228 g/mol. The first-order chi connectivity index (χ1) is 6.59. The van der Waals surface area contributed by atoms with Crippen LogP contribution in [0.1, 0.15) is 10.4 Å². The highest BCUT2D eigenvalue weighted by Gasteiger charge is 2.15. The Morgan fingerprint density at radius 1 is 1.50 bits per heavy atom. The molecule has 0 aromatic carbocycles. The molecule has 0 radical (unpaired) electrons. The van der Waals surface area contributed by atoms with E-state index in [4.69, 9.17) is 21.9 Å². The van der Waals surface area contributed by atoms with Gasteiger partial charge in [0.2, 0.25) is 0 Å². The van der Waals surface area contributed by atoms with Crippen LogP contribution < -0.4 is 5.73 Å². The number of hydrogen-bond donors (Lipinski definition) is 1. The summed E-state index contributed by atoms with van der Waals surface area (Å²) >= 11 is 7.55. The Bertz CT molecular complexity index is 456. The van der Waals surface area contributed by atoms with Gasteiger partial charge in [-0.05, 0) is 25.5 Å². The summed E-state index contributed by atoms with van der Waals surface area (Å²) < 4.78 is 5.05. The van der Waals surface area contributed by atoms with Gasteiger partial charge in [-0.15, -0.1) is 11.3 Å². The minimum absolute atomic E-state index is 0.241. The molecule has 0 atom stereocenters. The Labute approximate surface area is 90.5 Å². The molecule has 74 valence electrons. The van der Waals surface area contributed by atoms with Gasteiger partial charge in [-0.2, -0.15) is 0 Å². The summed E-state index contributed by atoms with van der Waals surface area (Å²) in [4.78, 5) is 2.21. The molecule has 5 heteroatoms. The zero-order chi connectivity index (χ0) is 10.3. The summed E-state index contributed by atoms with van der Waals surface area (Å²) in [5.41, 5.74) is 6.71. The van der Waals surface area contributed by atoms with E-state index in [-0.39, 0.29) is 5.82 Å². The molecule has 2 aromatic rings. The lowest BCUT2D eigenvalue weighted by Gasteiger charge is -1.88. The van der Waals surface area contributed by atoms with Gasteiger partial charge in [0.15, 0.2) is 11.6 Å². The Hall–Kier alpha value is -1.000. The smallest absolute Gasteiger partial charge is 0.197 e. The minimum atomic E-state index is 0.241. The molecule has 2 rings (SSSR count). The number of halogens is 1. The normalized spacial score (nSPS) is 10.8. The first kappa shape index (κ1) is 9.55. The Balaban J connectivity index is 2.54. The van der Waals surface area contributed by atoms with Gasteiger partial charge in [-0.1, -0.05) is 16.8 Å². The second-order valence-corrected chi connectivity index (χ2v) is 4.70. The predicted molar refractivity (Wildman–Crippen MR) is 58.7 cm³/mol. The average molecular weight is 229 g/mol. The highest BCUT2D eigenvalue weighted by molar-refractivity contribution is 7.15. The molecule has 2 heterocycles. The summed E-state index contributed by atoms with van der Waals surface area (Å²) in [5.74, 6) is 0.802. The summed E-state index contributed by atoms with van der Waals surface area (Å²) in [6.45, 7) is 4.10. The molecular weight excluding hydrogens is 220 g/mol. The number of hydrogen-bond acceptors (Lipinski definition) is 4. The lowest BCUT2D eigenvalue weighted by Crippen LogP contribution is -1.82. The standard InChI is InChI=1S/C9H9ClN2OS/c1-4-3-6(14-5(4)2)8-7(10)9(11)12-13-8/h3H,1-2H3,(H2,11,12). The summed E-state index contributed by atoms with van der Waals surface area (Å²) in [6, 6.07) is 2.02. The zero-order valence-corrected chi connectivity index (χ0v) is 9.37. The van der Waals surface area contributed by atoms with Crippen molar-refractivity contribution in [2.45, 2.75) is 13.8 Å². The third-order valence-electron chi connectivity index (χ3n) is 2.05. The van der Waals surface area contributed by atoms with E-state index in [0.29, 0.717) is 10.8 Å². The van der Waals surface area contributed by atoms with Crippen LogP contribution >= 0.6 is 22.9 Å². The Kier molecular flexibility index (Phi) is 2.25. The van der Waals surface area contributed by atoms with Crippen LogP contribution in [-0.4, -0.2) is 5.16 Å². The number of nitrogens with two attached hydrogens (primary N) is 1. The van der Waals surface area contributed by atoms with Gasteiger partial charge >= 0.3 is 0 Å². The van der Waals surface area contributed by atoms with E-state index in [0.717, 1.165) is 4.88 Å². The molecule has 0 amide bonds. The van der Waals surface area contributed by atoms with Gasteiger partial charge in [-0.25, -0.2) is 0 Å². The fourth-order valence-electron chi connectivity index (χ4n) is 1.13. The third kappa shape index (κ3) is 1.40. The SMILES string of the molecule is Cc1cc(-c2onc(N)c2Cl)sc1C. The van der Waals surface area contributed by atoms with Crippen molar-refractivity contribution in [2.24, 2.45) is 0 Å². The van der Waals surface area contributed by atoms with Gasteiger partial charge in [0, 0.05) is 4.88 Å². The summed E-state index contributed by atoms with van der Waals surface area (Å²) in [5, 5.41) is 4.00. The van der Waals surface area contributed by atoms with Gasteiger partial charge < -0.3 is 10.3 Å². The second kappa shape index (κ2) is 3.29. The molecule has 3 nitrogen and oxygen atoms in total. The second-order valence-electron chi connectivity index (χ2n) is 3.06.